The van der Waals surface area contributed by atoms with E-state index in [1.807, 2.05) is 39.1 Å². The van der Waals surface area contributed by atoms with Crippen LogP contribution in [-0.4, -0.2) is 22.3 Å². The van der Waals surface area contributed by atoms with E-state index in [0.29, 0.717) is 17.5 Å². The minimum Gasteiger partial charge on any atom is -0.494 e. The van der Waals surface area contributed by atoms with Crippen molar-refractivity contribution in [1.29, 1.82) is 0 Å². The van der Waals surface area contributed by atoms with Gasteiger partial charge in [0.15, 0.2) is 0 Å². The van der Waals surface area contributed by atoms with E-state index in [1.165, 1.54) is 0 Å². The summed E-state index contributed by atoms with van der Waals surface area (Å²) in [5.41, 5.74) is 3.14. The van der Waals surface area contributed by atoms with Crippen LogP contribution in [0, 0.1) is 6.92 Å². The van der Waals surface area contributed by atoms with Gasteiger partial charge in [-0.1, -0.05) is 15.9 Å². The Bertz CT molecular complexity index is 652. The highest BCUT2D eigenvalue weighted by Gasteiger charge is 2.13. The standard InChI is InChI=1S/C15H18BrN3O2/c1-4-21-14-6-5-12(7-11(14)8-16)18-15(20)13-9-17-19(3)10(13)2/h5-7,9H,4,8H2,1-3H3,(H,18,20). The Kier molecular flexibility index (Phi) is 5.01. The van der Waals surface area contributed by atoms with Crippen LogP contribution in [0.5, 0.6) is 5.75 Å². The zero-order valence-electron chi connectivity index (χ0n) is 12.3. The molecule has 1 N–H and O–H groups in total. The van der Waals surface area contributed by atoms with Crippen LogP contribution < -0.4 is 10.1 Å². The molecule has 0 saturated carbocycles. The lowest BCUT2D eigenvalue weighted by Gasteiger charge is -2.11. The van der Waals surface area contributed by atoms with Crippen molar-refractivity contribution in [3.8, 4) is 5.75 Å². The van der Waals surface area contributed by atoms with Gasteiger partial charge in [-0.3, -0.25) is 9.48 Å². The SMILES string of the molecule is CCOc1ccc(NC(=O)c2cnn(C)c2C)cc1CBr. The van der Waals surface area contributed by atoms with Crippen molar-refractivity contribution < 1.29 is 9.53 Å². The minimum atomic E-state index is -0.162. The number of aromatic nitrogens is 2. The van der Waals surface area contributed by atoms with Gasteiger partial charge in [-0.15, -0.1) is 0 Å². The molecule has 1 aromatic carbocycles. The molecule has 0 aliphatic rings. The van der Waals surface area contributed by atoms with E-state index < -0.39 is 0 Å². The summed E-state index contributed by atoms with van der Waals surface area (Å²) in [5.74, 6) is 0.662. The summed E-state index contributed by atoms with van der Waals surface area (Å²) in [6.07, 6.45) is 1.57. The molecule has 1 amide bonds. The lowest BCUT2D eigenvalue weighted by molar-refractivity contribution is 0.102. The number of rotatable bonds is 5. The Balaban J connectivity index is 2.19. The van der Waals surface area contributed by atoms with E-state index in [2.05, 4.69) is 26.3 Å². The van der Waals surface area contributed by atoms with Crippen LogP contribution in [0.2, 0.25) is 0 Å². The molecule has 1 aromatic heterocycles. The number of amides is 1. The summed E-state index contributed by atoms with van der Waals surface area (Å²) in [7, 11) is 1.81. The first-order valence-electron chi connectivity index (χ1n) is 6.68. The van der Waals surface area contributed by atoms with E-state index in [0.717, 1.165) is 22.7 Å². The number of halogens is 1. The Morgan fingerprint density at radius 1 is 1.48 bits per heavy atom. The summed E-state index contributed by atoms with van der Waals surface area (Å²) in [5, 5.41) is 7.63. The molecule has 0 atom stereocenters. The molecule has 0 radical (unpaired) electrons. The first-order valence-corrected chi connectivity index (χ1v) is 7.80. The summed E-state index contributed by atoms with van der Waals surface area (Å²) < 4.78 is 7.22. The zero-order chi connectivity index (χ0) is 15.4. The summed E-state index contributed by atoms with van der Waals surface area (Å²) in [6, 6.07) is 5.61. The summed E-state index contributed by atoms with van der Waals surface area (Å²) in [4.78, 5) is 12.3. The van der Waals surface area contributed by atoms with Crippen LogP contribution >= 0.6 is 15.9 Å². The number of aryl methyl sites for hydroxylation is 1. The molecule has 6 heteroatoms. The van der Waals surface area contributed by atoms with Gasteiger partial charge < -0.3 is 10.1 Å². The number of anilines is 1. The third-order valence-electron chi connectivity index (χ3n) is 3.24. The van der Waals surface area contributed by atoms with E-state index in [4.69, 9.17) is 4.74 Å². The van der Waals surface area contributed by atoms with Gasteiger partial charge in [-0.25, -0.2) is 0 Å². The molecule has 0 saturated heterocycles. The highest BCUT2D eigenvalue weighted by molar-refractivity contribution is 9.08. The van der Waals surface area contributed by atoms with Crippen molar-refractivity contribution in [3.05, 3.63) is 41.2 Å². The van der Waals surface area contributed by atoms with Gasteiger partial charge in [0.2, 0.25) is 0 Å². The predicted octanol–water partition coefficient (Wildman–Crippen LogP) is 3.27. The van der Waals surface area contributed by atoms with Crippen LogP contribution in [0.1, 0.15) is 28.5 Å². The molecule has 0 fully saturated rings. The molecule has 112 valence electrons. The van der Waals surface area contributed by atoms with Gasteiger partial charge in [-0.2, -0.15) is 5.10 Å². The predicted molar refractivity (Wildman–Crippen MR) is 86.1 cm³/mol. The lowest BCUT2D eigenvalue weighted by Crippen LogP contribution is -2.13. The number of nitrogens with zero attached hydrogens (tertiary/aromatic N) is 2. The topological polar surface area (TPSA) is 56.1 Å². The van der Waals surface area contributed by atoms with Crippen molar-refractivity contribution in [3.63, 3.8) is 0 Å². The number of alkyl halides is 1. The second-order valence-corrected chi connectivity index (χ2v) is 5.17. The van der Waals surface area contributed by atoms with Gasteiger partial charge >= 0.3 is 0 Å². The van der Waals surface area contributed by atoms with E-state index >= 15 is 0 Å². The van der Waals surface area contributed by atoms with Crippen LogP contribution in [-0.2, 0) is 12.4 Å². The molecular formula is C15H18BrN3O2. The van der Waals surface area contributed by atoms with Crippen LogP contribution in [0.4, 0.5) is 5.69 Å². The molecule has 0 aliphatic carbocycles. The average molecular weight is 352 g/mol. The third kappa shape index (κ3) is 3.44. The fourth-order valence-electron chi connectivity index (χ4n) is 1.98. The second kappa shape index (κ2) is 6.76. The van der Waals surface area contributed by atoms with Crippen LogP contribution in [0.3, 0.4) is 0 Å². The average Bonchev–Trinajstić information content (AvgIpc) is 2.81. The quantitative estimate of drug-likeness (QED) is 0.841. The molecule has 5 nitrogen and oxygen atoms in total. The summed E-state index contributed by atoms with van der Waals surface area (Å²) in [6.45, 7) is 4.42. The molecular weight excluding hydrogens is 334 g/mol. The van der Waals surface area contributed by atoms with Crippen molar-refractivity contribution in [1.82, 2.24) is 9.78 Å². The summed E-state index contributed by atoms with van der Waals surface area (Å²) >= 11 is 3.43. The number of ether oxygens (including phenoxy) is 1. The number of hydrogen-bond acceptors (Lipinski definition) is 3. The maximum Gasteiger partial charge on any atom is 0.259 e. The monoisotopic (exact) mass is 351 g/mol. The Morgan fingerprint density at radius 3 is 2.81 bits per heavy atom. The fraction of sp³-hybridized carbons (Fsp3) is 0.333. The maximum atomic E-state index is 12.3. The normalized spacial score (nSPS) is 10.5. The van der Waals surface area contributed by atoms with Gasteiger partial charge in [-0.05, 0) is 32.0 Å². The van der Waals surface area contributed by atoms with Crippen molar-refractivity contribution in [2.24, 2.45) is 7.05 Å². The Labute approximate surface area is 132 Å². The molecule has 21 heavy (non-hydrogen) atoms. The molecule has 2 aromatic rings. The van der Waals surface area contributed by atoms with Crippen molar-refractivity contribution >= 4 is 27.5 Å². The van der Waals surface area contributed by atoms with E-state index in [-0.39, 0.29) is 5.91 Å². The maximum absolute atomic E-state index is 12.3. The molecule has 0 unspecified atom stereocenters. The van der Waals surface area contributed by atoms with Gasteiger partial charge in [0.25, 0.3) is 5.91 Å². The Morgan fingerprint density at radius 2 is 2.24 bits per heavy atom. The van der Waals surface area contributed by atoms with Crippen molar-refractivity contribution in [2.75, 3.05) is 11.9 Å². The molecule has 1 heterocycles. The fourth-order valence-corrected chi connectivity index (χ4v) is 2.42. The Hall–Kier alpha value is -1.82. The molecule has 0 spiro atoms. The number of nitrogens with one attached hydrogen (secondary N) is 1. The first-order chi connectivity index (χ1) is 10.1. The largest absolute Gasteiger partial charge is 0.494 e. The van der Waals surface area contributed by atoms with Crippen molar-refractivity contribution in [2.45, 2.75) is 19.2 Å². The third-order valence-corrected chi connectivity index (χ3v) is 3.85. The number of benzene rings is 1. The highest BCUT2D eigenvalue weighted by Crippen LogP contribution is 2.25. The number of carbonyl (C=O) groups excluding carboxylic acids is 1. The van der Waals surface area contributed by atoms with Gasteiger partial charge in [0, 0.05) is 29.3 Å². The minimum absolute atomic E-state index is 0.162. The van der Waals surface area contributed by atoms with E-state index in [1.54, 1.807) is 10.9 Å². The lowest BCUT2D eigenvalue weighted by atomic mass is 10.2. The van der Waals surface area contributed by atoms with Crippen LogP contribution in [0.15, 0.2) is 24.4 Å². The zero-order valence-corrected chi connectivity index (χ0v) is 13.9. The first kappa shape index (κ1) is 15.6. The molecule has 0 bridgehead atoms. The van der Waals surface area contributed by atoms with Gasteiger partial charge in [0.05, 0.1) is 18.4 Å². The number of hydrogen-bond donors (Lipinski definition) is 1. The molecule has 2 rings (SSSR count). The smallest absolute Gasteiger partial charge is 0.259 e. The highest BCUT2D eigenvalue weighted by atomic mass is 79.9. The second-order valence-electron chi connectivity index (χ2n) is 4.61. The molecule has 0 aliphatic heterocycles. The van der Waals surface area contributed by atoms with E-state index in [9.17, 15) is 4.79 Å². The number of carbonyl (C=O) groups is 1. The van der Waals surface area contributed by atoms with Crippen LogP contribution in [0.25, 0.3) is 0 Å². The van der Waals surface area contributed by atoms with Gasteiger partial charge in [0.1, 0.15) is 5.75 Å².